The Hall–Kier alpha value is -3.54. The minimum atomic E-state index is -4.20. The summed E-state index contributed by atoms with van der Waals surface area (Å²) in [4.78, 5) is 43.4. The summed E-state index contributed by atoms with van der Waals surface area (Å²) >= 11 is 12.4. The van der Waals surface area contributed by atoms with Crippen molar-refractivity contribution in [1.29, 1.82) is 0 Å². The van der Waals surface area contributed by atoms with E-state index in [4.69, 9.17) is 27.9 Å². The maximum Gasteiger partial charge on any atom is 0.410 e. The zero-order valence-electron chi connectivity index (χ0n) is 27.7. The van der Waals surface area contributed by atoms with Crippen LogP contribution in [-0.4, -0.2) is 80.5 Å². The molecule has 2 atom stereocenters. The molecule has 0 bridgehead atoms. The summed E-state index contributed by atoms with van der Waals surface area (Å²) in [5, 5.41) is 3.39. The predicted octanol–water partition coefficient (Wildman–Crippen LogP) is 6.69. The number of anilines is 1. The molecule has 0 aromatic heterocycles. The second-order valence-electron chi connectivity index (χ2n) is 13.3. The lowest BCUT2D eigenvalue weighted by Gasteiger charge is -2.34. The van der Waals surface area contributed by atoms with E-state index in [9.17, 15) is 22.8 Å². The SMILES string of the molecule is C=CCN(c1ccc(Cl)cc1)S(=O)(=O)c1cc(C(=O)N[C@@H]2CCN(C(=O)C3(CC=C)CCCN(C(=O)OC(C)(C)C)CC3)C2)ccc1Cl. The smallest absolute Gasteiger partial charge is 0.410 e. The number of sulfonamides is 1. The predicted molar refractivity (Wildman–Crippen MR) is 189 cm³/mol. The van der Waals surface area contributed by atoms with Crippen molar-refractivity contribution in [1.82, 2.24) is 15.1 Å². The largest absolute Gasteiger partial charge is 0.444 e. The summed E-state index contributed by atoms with van der Waals surface area (Å²) in [7, 11) is -4.20. The molecule has 2 fully saturated rings. The summed E-state index contributed by atoms with van der Waals surface area (Å²) in [6, 6.07) is 10.1. The number of ether oxygens (including phenoxy) is 1. The van der Waals surface area contributed by atoms with E-state index in [0.717, 1.165) is 4.31 Å². The van der Waals surface area contributed by atoms with Crippen LogP contribution in [0.15, 0.2) is 72.7 Å². The Morgan fingerprint density at radius 1 is 1.02 bits per heavy atom. The molecule has 2 aromatic rings. The first-order valence-electron chi connectivity index (χ1n) is 16.0. The number of nitrogens with one attached hydrogen (secondary N) is 1. The van der Waals surface area contributed by atoms with E-state index in [1.807, 2.05) is 20.8 Å². The van der Waals surface area contributed by atoms with Gasteiger partial charge in [-0.1, -0.05) is 35.4 Å². The van der Waals surface area contributed by atoms with Crippen molar-refractivity contribution in [2.75, 3.05) is 37.0 Å². The minimum Gasteiger partial charge on any atom is -0.444 e. The highest BCUT2D eigenvalue weighted by molar-refractivity contribution is 7.93. The molecule has 260 valence electrons. The summed E-state index contributed by atoms with van der Waals surface area (Å²) in [5.74, 6) is -0.498. The van der Waals surface area contributed by atoms with Gasteiger partial charge in [0.15, 0.2) is 0 Å². The summed E-state index contributed by atoms with van der Waals surface area (Å²) in [6.07, 6.45) is 5.57. The van der Waals surface area contributed by atoms with E-state index < -0.39 is 26.9 Å². The van der Waals surface area contributed by atoms with E-state index in [1.54, 1.807) is 40.1 Å². The third kappa shape index (κ3) is 8.73. The summed E-state index contributed by atoms with van der Waals surface area (Å²) in [5.41, 5.74) is -0.844. The van der Waals surface area contributed by atoms with Gasteiger partial charge >= 0.3 is 6.09 Å². The average molecular weight is 720 g/mol. The van der Waals surface area contributed by atoms with E-state index in [-0.39, 0.29) is 40.1 Å². The molecule has 2 saturated heterocycles. The van der Waals surface area contributed by atoms with Gasteiger partial charge in [0.05, 0.1) is 22.7 Å². The van der Waals surface area contributed by atoms with Crippen molar-refractivity contribution in [2.24, 2.45) is 5.41 Å². The molecule has 2 aliphatic rings. The fourth-order valence-corrected chi connectivity index (χ4v) is 8.24. The molecular weight excluding hydrogens is 675 g/mol. The number of halogens is 2. The number of carbonyl (C=O) groups excluding carboxylic acids is 3. The lowest BCUT2D eigenvalue weighted by molar-refractivity contribution is -0.141. The molecular formula is C35H44Cl2N4O6S. The number of allylic oxidation sites excluding steroid dienone is 1. The second kappa shape index (κ2) is 15.3. The minimum absolute atomic E-state index is 0.0189. The lowest BCUT2D eigenvalue weighted by Crippen LogP contribution is -2.45. The van der Waals surface area contributed by atoms with Gasteiger partial charge in [-0.2, -0.15) is 0 Å². The zero-order valence-corrected chi connectivity index (χ0v) is 30.0. The Morgan fingerprint density at radius 3 is 2.38 bits per heavy atom. The van der Waals surface area contributed by atoms with Gasteiger partial charge in [-0.15, -0.1) is 13.2 Å². The number of hydrogen-bond acceptors (Lipinski definition) is 6. The zero-order chi connectivity index (χ0) is 35.3. The second-order valence-corrected chi connectivity index (χ2v) is 15.9. The van der Waals surface area contributed by atoms with Crippen LogP contribution in [0.25, 0.3) is 0 Å². The monoisotopic (exact) mass is 718 g/mol. The Bertz CT molecular complexity index is 1640. The Labute approximate surface area is 293 Å². The first kappa shape index (κ1) is 37.3. The van der Waals surface area contributed by atoms with Gasteiger partial charge in [0.1, 0.15) is 10.5 Å². The van der Waals surface area contributed by atoms with Gasteiger partial charge in [-0.3, -0.25) is 13.9 Å². The van der Waals surface area contributed by atoms with Crippen LogP contribution in [0.1, 0.15) is 63.2 Å². The number of hydrogen-bond donors (Lipinski definition) is 1. The highest BCUT2D eigenvalue weighted by atomic mass is 35.5. The van der Waals surface area contributed by atoms with Crippen LogP contribution in [-0.2, 0) is 19.6 Å². The Kier molecular flexibility index (Phi) is 11.9. The van der Waals surface area contributed by atoms with E-state index in [1.165, 1.54) is 24.3 Å². The van der Waals surface area contributed by atoms with Crippen molar-refractivity contribution in [2.45, 2.75) is 69.4 Å². The summed E-state index contributed by atoms with van der Waals surface area (Å²) < 4.78 is 34.3. The van der Waals surface area contributed by atoms with Crippen LogP contribution in [0.3, 0.4) is 0 Å². The number of likely N-dealkylation sites (tertiary alicyclic amines) is 2. The van der Waals surface area contributed by atoms with Gasteiger partial charge < -0.3 is 19.9 Å². The molecule has 2 aromatic carbocycles. The molecule has 1 unspecified atom stereocenters. The highest BCUT2D eigenvalue weighted by Gasteiger charge is 2.44. The van der Waals surface area contributed by atoms with Gasteiger partial charge in [0.25, 0.3) is 15.9 Å². The lowest BCUT2D eigenvalue weighted by atomic mass is 9.76. The van der Waals surface area contributed by atoms with Crippen LogP contribution in [0.2, 0.25) is 10.0 Å². The summed E-state index contributed by atoms with van der Waals surface area (Å²) in [6.45, 7) is 14.7. The molecule has 0 saturated carbocycles. The molecule has 0 radical (unpaired) electrons. The first-order valence-corrected chi connectivity index (χ1v) is 18.2. The van der Waals surface area contributed by atoms with Crippen molar-refractivity contribution < 1.29 is 27.5 Å². The molecule has 3 amide bonds. The molecule has 2 aliphatic heterocycles. The van der Waals surface area contributed by atoms with E-state index in [0.29, 0.717) is 69.0 Å². The molecule has 13 heteroatoms. The van der Waals surface area contributed by atoms with Crippen LogP contribution < -0.4 is 9.62 Å². The van der Waals surface area contributed by atoms with Crippen molar-refractivity contribution >= 4 is 56.8 Å². The number of benzene rings is 2. The number of nitrogens with zero attached hydrogens (tertiary/aromatic N) is 3. The molecule has 1 N–H and O–H groups in total. The quantitative estimate of drug-likeness (QED) is 0.274. The molecule has 2 heterocycles. The van der Waals surface area contributed by atoms with Crippen LogP contribution in [0, 0.1) is 5.41 Å². The highest BCUT2D eigenvalue weighted by Crippen LogP contribution is 2.39. The van der Waals surface area contributed by atoms with Crippen LogP contribution >= 0.6 is 23.2 Å². The van der Waals surface area contributed by atoms with E-state index >= 15 is 0 Å². The number of amides is 3. The number of rotatable bonds is 10. The molecule has 48 heavy (non-hydrogen) atoms. The molecule has 0 spiro atoms. The van der Waals surface area contributed by atoms with Gasteiger partial charge in [-0.05, 0) is 95.3 Å². The third-order valence-electron chi connectivity index (χ3n) is 8.57. The topological polar surface area (TPSA) is 116 Å². The normalized spacial score (nSPS) is 20.1. The Morgan fingerprint density at radius 2 is 1.73 bits per heavy atom. The fourth-order valence-electron chi connectivity index (χ4n) is 6.18. The third-order valence-corrected chi connectivity index (χ3v) is 11.1. The standard InChI is InChI=1S/C35H44Cl2N4O6S/c1-6-16-35(17-8-20-39(22-18-35)33(44)47-34(3,4)5)32(43)40-21-15-27(24-40)38-31(42)25-9-14-29(37)30(23-25)48(45,46)41(19-7-2)28-12-10-26(36)11-13-28/h6-7,9-14,23,27H,1-2,8,15-22,24H2,3-5H3,(H,38,42)/t27-,35?/m1/s1. The molecule has 4 rings (SSSR count). The molecule has 10 nitrogen and oxygen atoms in total. The fraction of sp³-hybridized carbons (Fsp3) is 0.457. The molecule has 0 aliphatic carbocycles. The maximum absolute atomic E-state index is 14.0. The van der Waals surface area contributed by atoms with Gasteiger partial charge in [0.2, 0.25) is 5.91 Å². The maximum atomic E-state index is 14.0. The van der Waals surface area contributed by atoms with Crippen molar-refractivity contribution in [3.63, 3.8) is 0 Å². The van der Waals surface area contributed by atoms with Crippen molar-refractivity contribution in [3.8, 4) is 0 Å². The Balaban J connectivity index is 1.46. The van der Waals surface area contributed by atoms with Crippen molar-refractivity contribution in [3.05, 3.63) is 83.4 Å². The number of carbonyl (C=O) groups is 3. The van der Waals surface area contributed by atoms with Crippen LogP contribution in [0.4, 0.5) is 10.5 Å². The van der Waals surface area contributed by atoms with E-state index in [2.05, 4.69) is 18.5 Å². The first-order chi connectivity index (χ1) is 22.6. The van der Waals surface area contributed by atoms with Gasteiger partial charge in [0, 0.05) is 42.8 Å². The van der Waals surface area contributed by atoms with Crippen LogP contribution in [0.5, 0.6) is 0 Å². The average Bonchev–Trinajstić information content (AvgIpc) is 3.37. The van der Waals surface area contributed by atoms with Gasteiger partial charge in [-0.25, -0.2) is 13.2 Å².